The van der Waals surface area contributed by atoms with Gasteiger partial charge in [-0.05, 0) is 35.9 Å². The Labute approximate surface area is 151 Å². The van der Waals surface area contributed by atoms with E-state index in [1.807, 2.05) is 35.0 Å². The fourth-order valence-electron chi connectivity index (χ4n) is 2.48. The zero-order chi connectivity index (χ0) is 18.4. The maximum atomic E-state index is 12.4. The van der Waals surface area contributed by atoms with Crippen molar-refractivity contribution in [2.75, 3.05) is 10.6 Å². The topological polar surface area (TPSA) is 76.0 Å². The van der Waals surface area contributed by atoms with Crippen molar-refractivity contribution in [1.29, 1.82) is 0 Å². The van der Waals surface area contributed by atoms with Crippen LogP contribution in [0.2, 0.25) is 0 Å². The maximum Gasteiger partial charge on any atom is 0.255 e. The van der Waals surface area contributed by atoms with Gasteiger partial charge in [0.15, 0.2) is 0 Å². The lowest BCUT2D eigenvalue weighted by Crippen LogP contribution is -2.14. The van der Waals surface area contributed by atoms with Gasteiger partial charge in [0.25, 0.3) is 5.91 Å². The number of hydrogen-bond acceptors (Lipinski definition) is 3. The molecule has 1 aromatic heterocycles. The van der Waals surface area contributed by atoms with Crippen LogP contribution in [0, 0.1) is 0 Å². The maximum absolute atomic E-state index is 12.4. The number of nitrogens with one attached hydrogen (secondary N) is 2. The van der Waals surface area contributed by atoms with Gasteiger partial charge in [0, 0.05) is 42.3 Å². The van der Waals surface area contributed by atoms with E-state index in [1.165, 1.54) is 0 Å². The number of benzene rings is 2. The number of anilines is 2. The van der Waals surface area contributed by atoms with Gasteiger partial charge >= 0.3 is 0 Å². The van der Waals surface area contributed by atoms with Crippen LogP contribution in [-0.2, 0) is 11.3 Å². The normalized spacial score (nSPS) is 10.3. The van der Waals surface area contributed by atoms with Gasteiger partial charge in [-0.25, -0.2) is 4.98 Å². The monoisotopic (exact) mass is 348 g/mol. The fourth-order valence-corrected chi connectivity index (χ4v) is 2.48. The lowest BCUT2D eigenvalue weighted by molar-refractivity contribution is -0.115. The second-order valence-corrected chi connectivity index (χ2v) is 5.87. The van der Waals surface area contributed by atoms with E-state index >= 15 is 0 Å². The molecule has 26 heavy (non-hydrogen) atoms. The smallest absolute Gasteiger partial charge is 0.255 e. The molecule has 1 heterocycles. The first-order chi connectivity index (χ1) is 12.6. The van der Waals surface area contributed by atoms with Gasteiger partial charge < -0.3 is 15.2 Å². The number of imidazole rings is 1. The Morgan fingerprint density at radius 2 is 1.85 bits per heavy atom. The number of amides is 2. The predicted octanol–water partition coefficient (Wildman–Crippen LogP) is 3.53. The third-order valence-electron chi connectivity index (χ3n) is 3.87. The number of carbonyl (C=O) groups excluding carboxylic acids is 2. The molecule has 0 spiro atoms. The average molecular weight is 348 g/mol. The van der Waals surface area contributed by atoms with Crippen LogP contribution in [0.5, 0.6) is 0 Å². The first-order valence-electron chi connectivity index (χ1n) is 8.40. The molecule has 0 bridgehead atoms. The van der Waals surface area contributed by atoms with E-state index in [0.29, 0.717) is 23.4 Å². The van der Waals surface area contributed by atoms with E-state index in [9.17, 15) is 9.59 Å². The summed E-state index contributed by atoms with van der Waals surface area (Å²) in [5.41, 5.74) is 2.93. The first-order valence-corrected chi connectivity index (χ1v) is 8.40. The summed E-state index contributed by atoms with van der Waals surface area (Å²) < 4.78 is 1.98. The van der Waals surface area contributed by atoms with E-state index in [1.54, 1.807) is 43.7 Å². The molecule has 0 saturated carbocycles. The minimum Gasteiger partial charge on any atom is -0.333 e. The van der Waals surface area contributed by atoms with Crippen molar-refractivity contribution in [3.05, 3.63) is 78.4 Å². The van der Waals surface area contributed by atoms with E-state index in [2.05, 4.69) is 15.6 Å². The fraction of sp³-hybridized carbons (Fsp3) is 0.150. The molecule has 0 aliphatic rings. The van der Waals surface area contributed by atoms with Crippen LogP contribution >= 0.6 is 0 Å². The Hall–Kier alpha value is -3.41. The highest BCUT2D eigenvalue weighted by molar-refractivity contribution is 6.05. The highest BCUT2D eigenvalue weighted by Gasteiger charge is 2.08. The van der Waals surface area contributed by atoms with E-state index in [0.717, 1.165) is 12.1 Å². The highest BCUT2D eigenvalue weighted by Crippen LogP contribution is 2.15. The zero-order valence-electron chi connectivity index (χ0n) is 14.5. The minimum absolute atomic E-state index is 0.0870. The summed E-state index contributed by atoms with van der Waals surface area (Å²) in [5.74, 6) is -0.309. The van der Waals surface area contributed by atoms with Crippen LogP contribution in [0.3, 0.4) is 0 Å². The van der Waals surface area contributed by atoms with Crippen LogP contribution in [-0.4, -0.2) is 21.4 Å². The number of rotatable bonds is 6. The van der Waals surface area contributed by atoms with Gasteiger partial charge in [-0.3, -0.25) is 9.59 Å². The molecule has 132 valence electrons. The minimum atomic E-state index is -0.222. The number of hydrogen-bond donors (Lipinski definition) is 2. The van der Waals surface area contributed by atoms with Crippen LogP contribution in [0.25, 0.3) is 0 Å². The third kappa shape index (κ3) is 4.57. The van der Waals surface area contributed by atoms with E-state index in [-0.39, 0.29) is 11.8 Å². The van der Waals surface area contributed by atoms with Crippen molar-refractivity contribution in [1.82, 2.24) is 9.55 Å². The van der Waals surface area contributed by atoms with Gasteiger partial charge in [-0.2, -0.15) is 0 Å². The van der Waals surface area contributed by atoms with Gasteiger partial charge in [0.1, 0.15) is 0 Å². The Balaban J connectivity index is 1.64. The standard InChI is InChI=1S/C20H20N4O2/c1-2-19(25)22-18-5-3-4-16(12-18)20(26)23-17-8-6-15(7-9-17)13-24-11-10-21-14-24/h3-12,14H,2,13H2,1H3,(H,22,25)(H,23,26). The van der Waals surface area contributed by atoms with Crippen molar-refractivity contribution in [3.63, 3.8) is 0 Å². The molecule has 2 aromatic carbocycles. The molecule has 2 N–H and O–H groups in total. The lowest BCUT2D eigenvalue weighted by Gasteiger charge is -2.09. The van der Waals surface area contributed by atoms with Gasteiger partial charge in [0.05, 0.1) is 6.33 Å². The molecular formula is C20H20N4O2. The van der Waals surface area contributed by atoms with Crippen LogP contribution < -0.4 is 10.6 Å². The summed E-state index contributed by atoms with van der Waals surface area (Å²) in [6.45, 7) is 2.51. The number of carbonyl (C=O) groups is 2. The predicted molar refractivity (Wildman–Crippen MR) is 101 cm³/mol. The average Bonchev–Trinajstić information content (AvgIpc) is 3.16. The number of nitrogens with zero attached hydrogens (tertiary/aromatic N) is 2. The summed E-state index contributed by atoms with van der Waals surface area (Å²) in [5, 5.41) is 5.62. The molecule has 6 heteroatoms. The molecule has 0 aliphatic carbocycles. The Morgan fingerprint density at radius 1 is 1.04 bits per heavy atom. The van der Waals surface area contributed by atoms with Gasteiger partial charge in [0.2, 0.25) is 5.91 Å². The molecule has 0 saturated heterocycles. The second-order valence-electron chi connectivity index (χ2n) is 5.87. The number of aromatic nitrogens is 2. The van der Waals surface area contributed by atoms with Gasteiger partial charge in [-0.15, -0.1) is 0 Å². The molecule has 6 nitrogen and oxygen atoms in total. The summed E-state index contributed by atoms with van der Waals surface area (Å²) in [4.78, 5) is 27.9. The Kier molecular flexibility index (Phi) is 5.43. The third-order valence-corrected chi connectivity index (χ3v) is 3.87. The Bertz CT molecular complexity index is 886. The Morgan fingerprint density at radius 3 is 2.54 bits per heavy atom. The molecule has 2 amide bonds. The summed E-state index contributed by atoms with van der Waals surface area (Å²) >= 11 is 0. The van der Waals surface area contributed by atoms with Crippen molar-refractivity contribution < 1.29 is 9.59 Å². The van der Waals surface area contributed by atoms with Crippen molar-refractivity contribution >= 4 is 23.2 Å². The SMILES string of the molecule is CCC(=O)Nc1cccc(C(=O)Nc2ccc(Cn3ccnc3)cc2)c1. The van der Waals surface area contributed by atoms with Gasteiger partial charge in [-0.1, -0.05) is 25.1 Å². The van der Waals surface area contributed by atoms with Crippen molar-refractivity contribution in [2.45, 2.75) is 19.9 Å². The van der Waals surface area contributed by atoms with E-state index < -0.39 is 0 Å². The van der Waals surface area contributed by atoms with Crippen LogP contribution in [0.4, 0.5) is 11.4 Å². The van der Waals surface area contributed by atoms with Crippen molar-refractivity contribution in [3.8, 4) is 0 Å². The molecule has 0 unspecified atom stereocenters. The van der Waals surface area contributed by atoms with E-state index in [4.69, 9.17) is 0 Å². The molecule has 0 atom stereocenters. The lowest BCUT2D eigenvalue weighted by atomic mass is 10.1. The molecular weight excluding hydrogens is 328 g/mol. The largest absolute Gasteiger partial charge is 0.333 e. The van der Waals surface area contributed by atoms with Crippen LogP contribution in [0.1, 0.15) is 29.3 Å². The second kappa shape index (κ2) is 8.11. The summed E-state index contributed by atoms with van der Waals surface area (Å²) in [6, 6.07) is 14.5. The van der Waals surface area contributed by atoms with Crippen molar-refractivity contribution in [2.24, 2.45) is 0 Å². The molecule has 0 radical (unpaired) electrons. The van der Waals surface area contributed by atoms with Crippen LogP contribution in [0.15, 0.2) is 67.3 Å². The molecule has 3 rings (SSSR count). The zero-order valence-corrected chi connectivity index (χ0v) is 14.5. The molecule has 3 aromatic rings. The summed E-state index contributed by atoms with van der Waals surface area (Å²) in [7, 11) is 0. The molecule has 0 aliphatic heterocycles. The molecule has 0 fully saturated rings. The quantitative estimate of drug-likeness (QED) is 0.715. The highest BCUT2D eigenvalue weighted by atomic mass is 16.2. The summed E-state index contributed by atoms with van der Waals surface area (Å²) in [6.07, 6.45) is 5.80. The first kappa shape index (κ1) is 17.4.